The fraction of sp³-hybridized carbons (Fsp3) is 0.182. The van der Waals surface area contributed by atoms with Crippen LogP contribution in [0, 0.1) is 0 Å². The first-order valence-corrected chi connectivity index (χ1v) is 11.9. The number of hydrogen-bond donors (Lipinski definition) is 1. The van der Waals surface area contributed by atoms with E-state index in [1.165, 1.54) is 6.92 Å². The highest BCUT2D eigenvalue weighted by Gasteiger charge is 2.18. The number of thiophene rings is 2. The second kappa shape index (κ2) is 8.98. The molecule has 0 aliphatic rings. The summed E-state index contributed by atoms with van der Waals surface area (Å²) in [6.07, 6.45) is 0.789. The third-order valence-electron chi connectivity index (χ3n) is 4.35. The van der Waals surface area contributed by atoms with Crippen LogP contribution in [0.1, 0.15) is 13.3 Å². The number of benzene rings is 1. The standard InChI is InChI=1S/C22H20N2O2S3/c1-14(25)26-10-6-12-28-22-20(23)19-16(15-7-3-2-4-8-15)13-17(24-21(19)29-22)18-9-5-11-27-18/h2-5,7-9,11,13H,6,10,12,23H2,1H3. The molecule has 29 heavy (non-hydrogen) atoms. The molecule has 2 N–H and O–H groups in total. The van der Waals surface area contributed by atoms with Gasteiger partial charge in [0.2, 0.25) is 0 Å². The molecule has 0 aliphatic heterocycles. The highest BCUT2D eigenvalue weighted by molar-refractivity contribution is 8.01. The van der Waals surface area contributed by atoms with Crippen LogP contribution in [0.5, 0.6) is 0 Å². The van der Waals surface area contributed by atoms with Gasteiger partial charge in [-0.05, 0) is 35.1 Å². The van der Waals surface area contributed by atoms with Gasteiger partial charge in [0.15, 0.2) is 0 Å². The molecule has 7 heteroatoms. The van der Waals surface area contributed by atoms with E-state index < -0.39 is 0 Å². The van der Waals surface area contributed by atoms with Crippen molar-refractivity contribution in [2.75, 3.05) is 18.1 Å². The maximum absolute atomic E-state index is 10.9. The minimum absolute atomic E-state index is 0.241. The minimum atomic E-state index is -0.241. The molecule has 3 aromatic heterocycles. The highest BCUT2D eigenvalue weighted by Crippen LogP contribution is 2.45. The molecule has 0 saturated carbocycles. The molecule has 0 amide bonds. The fourth-order valence-electron chi connectivity index (χ4n) is 3.04. The first kappa shape index (κ1) is 19.9. The third kappa shape index (κ3) is 4.47. The number of nitrogens with zero attached hydrogens (tertiary/aromatic N) is 1. The zero-order valence-electron chi connectivity index (χ0n) is 15.9. The molecule has 0 fully saturated rings. The van der Waals surface area contributed by atoms with E-state index in [1.807, 2.05) is 24.3 Å². The van der Waals surface area contributed by atoms with Gasteiger partial charge in [-0.2, -0.15) is 0 Å². The van der Waals surface area contributed by atoms with Crippen LogP contribution in [-0.2, 0) is 9.53 Å². The number of rotatable bonds is 7. The zero-order chi connectivity index (χ0) is 20.2. The van der Waals surface area contributed by atoms with E-state index in [-0.39, 0.29) is 5.97 Å². The van der Waals surface area contributed by atoms with Crippen molar-refractivity contribution in [2.45, 2.75) is 17.6 Å². The van der Waals surface area contributed by atoms with Gasteiger partial charge in [-0.25, -0.2) is 4.98 Å². The van der Waals surface area contributed by atoms with Gasteiger partial charge in [0.05, 0.1) is 27.1 Å². The predicted molar refractivity (Wildman–Crippen MR) is 125 cm³/mol. The molecule has 1 aromatic carbocycles. The average Bonchev–Trinajstić information content (AvgIpc) is 3.36. The van der Waals surface area contributed by atoms with Crippen molar-refractivity contribution in [3.05, 3.63) is 53.9 Å². The molecule has 0 aliphatic carbocycles. The van der Waals surface area contributed by atoms with Gasteiger partial charge in [0.1, 0.15) is 4.83 Å². The summed E-state index contributed by atoms with van der Waals surface area (Å²) < 4.78 is 6.08. The largest absolute Gasteiger partial charge is 0.466 e. The molecule has 0 unspecified atom stereocenters. The lowest BCUT2D eigenvalue weighted by molar-refractivity contribution is -0.140. The number of fused-ring (bicyclic) bond motifs is 1. The Morgan fingerprint density at radius 3 is 2.76 bits per heavy atom. The summed E-state index contributed by atoms with van der Waals surface area (Å²) in [4.78, 5) is 17.9. The number of hydrogen-bond acceptors (Lipinski definition) is 7. The number of anilines is 1. The van der Waals surface area contributed by atoms with E-state index in [0.29, 0.717) is 6.61 Å². The minimum Gasteiger partial charge on any atom is -0.466 e. The summed E-state index contributed by atoms with van der Waals surface area (Å²) in [5.74, 6) is 0.595. The highest BCUT2D eigenvalue weighted by atomic mass is 32.2. The number of thioether (sulfide) groups is 1. The SMILES string of the molecule is CC(=O)OCCCSc1sc2nc(-c3cccs3)cc(-c3ccccc3)c2c1N. The molecule has 0 bridgehead atoms. The Hall–Kier alpha value is -2.35. The predicted octanol–water partition coefficient (Wildman–Crippen LogP) is 6.32. The van der Waals surface area contributed by atoms with Crippen LogP contribution in [0.3, 0.4) is 0 Å². The number of nitrogen functional groups attached to an aromatic ring is 1. The summed E-state index contributed by atoms with van der Waals surface area (Å²) in [5, 5.41) is 3.08. The van der Waals surface area contributed by atoms with Crippen LogP contribution in [0.2, 0.25) is 0 Å². The van der Waals surface area contributed by atoms with E-state index in [0.717, 1.165) is 54.0 Å². The third-order valence-corrected chi connectivity index (χ3v) is 7.72. The molecule has 148 valence electrons. The van der Waals surface area contributed by atoms with Crippen molar-refractivity contribution < 1.29 is 9.53 Å². The smallest absolute Gasteiger partial charge is 0.302 e. The lowest BCUT2D eigenvalue weighted by Crippen LogP contribution is -2.01. The van der Waals surface area contributed by atoms with E-state index in [2.05, 4.69) is 29.6 Å². The first-order valence-electron chi connectivity index (χ1n) is 9.22. The van der Waals surface area contributed by atoms with Crippen LogP contribution >= 0.6 is 34.4 Å². The second-order valence-corrected chi connectivity index (χ2v) is 9.73. The second-order valence-electron chi connectivity index (χ2n) is 6.42. The molecule has 0 spiro atoms. The number of ether oxygens (including phenoxy) is 1. The normalized spacial score (nSPS) is 11.1. The Bertz CT molecular complexity index is 1120. The van der Waals surface area contributed by atoms with E-state index >= 15 is 0 Å². The van der Waals surface area contributed by atoms with Crippen LogP contribution in [0.4, 0.5) is 5.69 Å². The van der Waals surface area contributed by atoms with Crippen molar-refractivity contribution in [2.24, 2.45) is 0 Å². The molecular weight excluding hydrogens is 420 g/mol. The molecule has 4 nitrogen and oxygen atoms in total. The molecule has 0 atom stereocenters. The Labute approximate surface area is 181 Å². The molecule has 4 rings (SSSR count). The molecule has 4 aromatic rings. The number of nitrogens with two attached hydrogens (primary N) is 1. The monoisotopic (exact) mass is 440 g/mol. The maximum Gasteiger partial charge on any atom is 0.302 e. The van der Waals surface area contributed by atoms with Crippen molar-refractivity contribution in [3.63, 3.8) is 0 Å². The summed E-state index contributed by atoms with van der Waals surface area (Å²) in [5.41, 5.74) is 10.6. The van der Waals surface area contributed by atoms with Crippen molar-refractivity contribution >= 4 is 56.3 Å². The van der Waals surface area contributed by atoms with Gasteiger partial charge in [0.25, 0.3) is 0 Å². The van der Waals surface area contributed by atoms with Crippen molar-refractivity contribution in [3.8, 4) is 21.7 Å². The summed E-state index contributed by atoms with van der Waals surface area (Å²) in [6.45, 7) is 1.86. The fourth-order valence-corrected chi connectivity index (χ4v) is 6.01. The van der Waals surface area contributed by atoms with Crippen molar-refractivity contribution in [1.82, 2.24) is 4.98 Å². The Morgan fingerprint density at radius 1 is 1.21 bits per heavy atom. The lowest BCUT2D eigenvalue weighted by Gasteiger charge is -2.08. The summed E-state index contributed by atoms with van der Waals surface area (Å²) in [7, 11) is 0. The quantitative estimate of drug-likeness (QED) is 0.207. The Kier molecular flexibility index (Phi) is 6.18. The number of pyridine rings is 1. The Morgan fingerprint density at radius 2 is 2.03 bits per heavy atom. The van der Waals surface area contributed by atoms with E-state index in [9.17, 15) is 4.79 Å². The number of carbonyl (C=O) groups excluding carboxylic acids is 1. The zero-order valence-corrected chi connectivity index (χ0v) is 18.3. The number of aromatic nitrogens is 1. The van der Waals surface area contributed by atoms with Gasteiger partial charge in [-0.15, -0.1) is 34.4 Å². The average molecular weight is 441 g/mol. The van der Waals surface area contributed by atoms with Crippen LogP contribution in [0.15, 0.2) is 58.1 Å². The molecule has 0 saturated heterocycles. The summed E-state index contributed by atoms with van der Waals surface area (Å²) in [6, 6.07) is 16.6. The van der Waals surface area contributed by atoms with E-state index in [1.54, 1.807) is 34.4 Å². The summed E-state index contributed by atoms with van der Waals surface area (Å²) >= 11 is 5.01. The molecular formula is C22H20N2O2S3. The van der Waals surface area contributed by atoms with Gasteiger partial charge in [-0.3, -0.25) is 4.79 Å². The van der Waals surface area contributed by atoms with Gasteiger partial charge < -0.3 is 10.5 Å². The number of carbonyl (C=O) groups is 1. The van der Waals surface area contributed by atoms with Gasteiger partial charge >= 0.3 is 5.97 Å². The topological polar surface area (TPSA) is 65.2 Å². The van der Waals surface area contributed by atoms with E-state index in [4.69, 9.17) is 15.5 Å². The van der Waals surface area contributed by atoms with Crippen LogP contribution in [0.25, 0.3) is 31.9 Å². The van der Waals surface area contributed by atoms with Crippen LogP contribution < -0.4 is 5.73 Å². The van der Waals surface area contributed by atoms with Crippen molar-refractivity contribution in [1.29, 1.82) is 0 Å². The lowest BCUT2D eigenvalue weighted by atomic mass is 10.0. The maximum atomic E-state index is 10.9. The molecule has 0 radical (unpaired) electrons. The number of esters is 1. The molecule has 3 heterocycles. The first-order chi connectivity index (χ1) is 14.1. The van der Waals surface area contributed by atoms with Gasteiger partial charge in [0, 0.05) is 18.1 Å². The van der Waals surface area contributed by atoms with Gasteiger partial charge in [-0.1, -0.05) is 36.4 Å². The van der Waals surface area contributed by atoms with Crippen LogP contribution in [-0.4, -0.2) is 23.3 Å². The Balaban J connectivity index is 1.71.